The van der Waals surface area contributed by atoms with E-state index in [4.69, 9.17) is 27.4 Å². The number of amides is 3. The van der Waals surface area contributed by atoms with Gasteiger partial charge in [-0.3, -0.25) is 34.2 Å². The molecule has 0 aliphatic rings. The number of aryl methyl sites for hydroxylation is 3. The van der Waals surface area contributed by atoms with Crippen molar-refractivity contribution in [1.29, 1.82) is 0 Å². The van der Waals surface area contributed by atoms with E-state index in [1.165, 1.54) is 43.3 Å². The van der Waals surface area contributed by atoms with E-state index in [1.807, 2.05) is 69.2 Å². The molecule has 4 atom stereocenters. The molecule has 3 amide bonds. The molecule has 0 radical (unpaired) electrons. The van der Waals surface area contributed by atoms with Gasteiger partial charge in [0.2, 0.25) is 35.6 Å². The number of nitrogens with zero attached hydrogens (tertiary/aromatic N) is 3. The van der Waals surface area contributed by atoms with Gasteiger partial charge >= 0.3 is 5.97 Å². The summed E-state index contributed by atoms with van der Waals surface area (Å²) >= 11 is 0. The van der Waals surface area contributed by atoms with Crippen LogP contribution in [0.1, 0.15) is 118 Å². The van der Waals surface area contributed by atoms with Crippen molar-refractivity contribution in [3.05, 3.63) is 89.5 Å². The van der Waals surface area contributed by atoms with Crippen LogP contribution in [0.5, 0.6) is 0 Å². The Labute approximate surface area is 486 Å². The Kier molecular flexibility index (Phi) is 25.6. The maximum absolute atomic E-state index is 14.6. The lowest BCUT2D eigenvalue weighted by molar-refractivity contribution is -0.141. The van der Waals surface area contributed by atoms with E-state index in [2.05, 4.69) is 45.1 Å². The maximum Gasteiger partial charge on any atom is 0.315 e. The lowest BCUT2D eigenvalue weighted by Gasteiger charge is -2.51. The molecule has 0 aliphatic heterocycles. The van der Waals surface area contributed by atoms with Crippen LogP contribution in [0, 0.1) is 26.7 Å². The number of aliphatic imine (C=N–C) groups is 3. The van der Waals surface area contributed by atoms with Crippen molar-refractivity contribution in [3.8, 4) is 0 Å². The first-order valence-corrected chi connectivity index (χ1v) is 33.5. The summed E-state index contributed by atoms with van der Waals surface area (Å²) in [5, 5.41) is 7.08. The van der Waals surface area contributed by atoms with Crippen LogP contribution in [-0.2, 0) is 53.7 Å². The van der Waals surface area contributed by atoms with E-state index < -0.39 is 102 Å². The van der Waals surface area contributed by atoms with Gasteiger partial charge in [0.25, 0.3) is 38.4 Å². The average molecular weight is 1220 g/mol. The van der Waals surface area contributed by atoms with Gasteiger partial charge in [0.05, 0.1) is 20.7 Å². The van der Waals surface area contributed by atoms with E-state index in [0.29, 0.717) is 6.04 Å². The van der Waals surface area contributed by atoms with Gasteiger partial charge in [0.1, 0.15) is 18.1 Å². The molecule has 0 fully saturated rings. The number of carbonyl (C=O) groups excluding carboxylic acids is 4. The van der Waals surface area contributed by atoms with Crippen molar-refractivity contribution in [1.82, 2.24) is 30.1 Å². The van der Waals surface area contributed by atoms with Crippen molar-refractivity contribution in [2.45, 2.75) is 177 Å². The van der Waals surface area contributed by atoms with Crippen molar-refractivity contribution in [2.75, 3.05) is 19.6 Å². The summed E-state index contributed by atoms with van der Waals surface area (Å²) in [6, 6.07) is 13.8. The molecule has 456 valence electrons. The summed E-state index contributed by atoms with van der Waals surface area (Å²) in [5.41, 5.74) is 26.6. The fraction of sp³-hybridized carbons (Fsp3) is 0.537. The lowest BCUT2D eigenvalue weighted by atomic mass is 10.1. The fourth-order valence-corrected chi connectivity index (χ4v) is 17.5. The number of carbonyl (C=O) groups is 4. The van der Waals surface area contributed by atoms with Gasteiger partial charge < -0.3 is 43.3 Å². The topological polar surface area (TPSA) is 393 Å². The average Bonchev–Trinajstić information content (AvgIpc) is 3.37. The van der Waals surface area contributed by atoms with Gasteiger partial charge in [-0.1, -0.05) is 108 Å². The zero-order chi connectivity index (χ0) is 62.0. The second-order valence-electron chi connectivity index (χ2n) is 22.8. The number of hydrogen-bond donors (Lipinski definition) is 10. The Morgan fingerprint density at radius 3 is 1.18 bits per heavy atom. The number of benzene rings is 3. The summed E-state index contributed by atoms with van der Waals surface area (Å²) in [4.78, 5) is 68.8. The second kappa shape index (κ2) is 30.1. The molecule has 0 bridgehead atoms. The predicted octanol–water partition coefficient (Wildman–Crippen LogP) is 3.68. The molecule has 0 saturated heterocycles. The van der Waals surface area contributed by atoms with E-state index >= 15 is 0 Å². The van der Waals surface area contributed by atoms with E-state index in [1.54, 1.807) is 43.3 Å². The van der Waals surface area contributed by atoms with E-state index in [9.17, 15) is 44.4 Å². The number of guanidine groups is 3. The first-order valence-electron chi connectivity index (χ1n) is 27.0. The standard InChI is InChI=1S/C54H87N13O11S3Si/c1-35(2)34-82(53(7,8)9,54(10,11)12)78-49(71)45(18-15-33-61-52(58)67-81(76,77)42-29-23-38(5)24-30-42)64-46(68)39(6)62-48(70)44(17-14-32-60-51(57)66-80(74,75)41-27-21-37(4)22-28-41)63-47(69)43(55)16-13-31-59-50(56)65-79(72,73)40-25-19-36(3)20-26-40/h19-30,35,39,43-45H,13-18,31-34,55H2,1-12H3,(H,62,70)(H,63,69)(H,64,68)(H3,56,59,65)(H3,57,60,66)(H3,58,61,67)/t39-,43-,44-,45-/m0/s1. The third-order valence-electron chi connectivity index (χ3n) is 13.2. The minimum Gasteiger partial charge on any atom is -0.516 e. The number of nitrogens with one attached hydrogen (secondary N) is 6. The van der Waals surface area contributed by atoms with Crippen LogP contribution in [0.25, 0.3) is 0 Å². The first-order chi connectivity index (χ1) is 37.9. The molecule has 24 nitrogen and oxygen atoms in total. The Balaban J connectivity index is 1.85. The largest absolute Gasteiger partial charge is 0.516 e. The molecule has 0 heterocycles. The van der Waals surface area contributed by atoms with Crippen LogP contribution in [0.3, 0.4) is 0 Å². The molecule has 3 aromatic rings. The van der Waals surface area contributed by atoms with Crippen molar-refractivity contribution in [3.63, 3.8) is 0 Å². The summed E-state index contributed by atoms with van der Waals surface area (Å²) in [6.45, 7) is 22.9. The van der Waals surface area contributed by atoms with E-state index in [0.717, 1.165) is 16.7 Å². The minimum absolute atomic E-state index is 0.0153. The quantitative estimate of drug-likeness (QED) is 0.0215. The van der Waals surface area contributed by atoms with Gasteiger partial charge in [-0.15, -0.1) is 0 Å². The van der Waals surface area contributed by atoms with Gasteiger partial charge in [-0.2, -0.15) is 0 Å². The molecular weight excluding hydrogens is 1130 g/mol. The predicted molar refractivity (Wildman–Crippen MR) is 322 cm³/mol. The van der Waals surface area contributed by atoms with Crippen LogP contribution in [-0.4, -0.2) is 119 Å². The molecular formula is C54H87N13O11S3Si. The smallest absolute Gasteiger partial charge is 0.315 e. The third-order valence-corrected chi connectivity index (χ3v) is 24.1. The highest BCUT2D eigenvalue weighted by molar-refractivity contribution is 7.90. The van der Waals surface area contributed by atoms with Gasteiger partial charge in [-0.25, -0.2) is 39.4 Å². The Bertz CT molecular complexity index is 3080. The van der Waals surface area contributed by atoms with Crippen LogP contribution in [0.4, 0.5) is 0 Å². The van der Waals surface area contributed by atoms with Crippen LogP contribution >= 0.6 is 0 Å². The molecule has 0 aliphatic carbocycles. The Morgan fingerprint density at radius 2 is 0.841 bits per heavy atom. The molecule has 14 N–H and O–H groups in total. The minimum atomic E-state index is -4.08. The summed E-state index contributed by atoms with van der Waals surface area (Å²) < 4.78 is 90.7. The lowest BCUT2D eigenvalue weighted by Crippen LogP contribution is -2.60. The van der Waals surface area contributed by atoms with Gasteiger partial charge in [0.15, 0.2) is 0 Å². The van der Waals surface area contributed by atoms with Gasteiger partial charge in [0, 0.05) is 19.6 Å². The zero-order valence-electron chi connectivity index (χ0n) is 49.3. The summed E-state index contributed by atoms with van der Waals surface area (Å²) in [5.74, 6) is -4.11. The van der Waals surface area contributed by atoms with Crippen LogP contribution in [0.2, 0.25) is 16.1 Å². The highest BCUT2D eigenvalue weighted by atomic mass is 32.2. The van der Waals surface area contributed by atoms with Crippen LogP contribution in [0.15, 0.2) is 102 Å². The van der Waals surface area contributed by atoms with Crippen molar-refractivity contribution < 1.29 is 48.9 Å². The number of rotatable bonds is 28. The summed E-state index contributed by atoms with van der Waals surface area (Å²) in [6.07, 6.45) is 0.237. The SMILES string of the molecule is Cc1ccc(S(=O)(=O)NC(N)=NCCC[C@H](NC(=O)[C@@H](N)CCCN=C(N)NS(=O)(=O)c2ccc(C)cc2)C(=O)N[C@@H](C)C(=O)N[C@@H](CCCN=C(N)NS(=O)(=O)c2ccc(C)cc2)C(=O)O[Si](CC(C)C)(C(C)(C)C)C(C)(C)C)cc1. The van der Waals surface area contributed by atoms with E-state index in [-0.39, 0.29) is 90.7 Å². The molecule has 3 rings (SSSR count). The Morgan fingerprint density at radius 1 is 0.512 bits per heavy atom. The molecule has 0 spiro atoms. The zero-order valence-corrected chi connectivity index (χ0v) is 52.7. The maximum atomic E-state index is 14.6. The van der Waals surface area contributed by atoms with Crippen LogP contribution < -0.4 is 53.1 Å². The highest BCUT2D eigenvalue weighted by Crippen LogP contribution is 2.55. The molecule has 0 unspecified atom stereocenters. The first kappa shape index (κ1) is 69.6. The Hall–Kier alpha value is -6.62. The van der Waals surface area contributed by atoms with Crippen molar-refractivity contribution >= 4 is 80.0 Å². The van der Waals surface area contributed by atoms with Crippen molar-refractivity contribution in [2.24, 2.45) is 43.8 Å². The second-order valence-corrected chi connectivity index (χ2v) is 33.1. The molecule has 3 aromatic carbocycles. The number of sulfonamides is 3. The summed E-state index contributed by atoms with van der Waals surface area (Å²) in [7, 11) is -15.2. The molecule has 82 heavy (non-hydrogen) atoms. The third kappa shape index (κ3) is 21.6. The fourth-order valence-electron chi connectivity index (χ4n) is 8.85. The monoisotopic (exact) mass is 1220 g/mol. The highest BCUT2D eigenvalue weighted by Gasteiger charge is 2.58. The normalized spacial score (nSPS) is 14.7. The molecule has 0 saturated carbocycles. The van der Waals surface area contributed by atoms with Gasteiger partial charge in [-0.05, 0) is 125 Å². The number of nitrogens with two attached hydrogens (primary N) is 4. The molecule has 0 aromatic heterocycles. The number of hydrogen-bond acceptors (Lipinski definition) is 15. The molecule has 28 heteroatoms.